The van der Waals surface area contributed by atoms with Gasteiger partial charge in [-0.1, -0.05) is 6.42 Å². The maximum atomic E-state index is 13.0. The van der Waals surface area contributed by atoms with E-state index >= 15 is 0 Å². The average molecular weight is 390 g/mol. The Morgan fingerprint density at radius 1 is 0.800 bits per heavy atom. The van der Waals surface area contributed by atoms with Crippen molar-refractivity contribution in [2.75, 3.05) is 26.2 Å². The van der Waals surface area contributed by atoms with E-state index in [1.54, 1.807) is 0 Å². The summed E-state index contributed by atoms with van der Waals surface area (Å²) in [4.78, 5) is 17.8. The monoisotopic (exact) mass is 389 g/mol. The highest BCUT2D eigenvalue weighted by Gasteiger charge is 2.50. The number of fused-ring (bicyclic) bond motifs is 4. The van der Waals surface area contributed by atoms with Crippen LogP contribution in [0.1, 0.15) is 44.9 Å². The van der Waals surface area contributed by atoms with E-state index in [1.165, 1.54) is 44.9 Å². The van der Waals surface area contributed by atoms with Gasteiger partial charge in [0.15, 0.2) is 0 Å². The number of hydrogen-bond donors (Lipinski definition) is 1. The molecule has 0 aromatic heterocycles. The summed E-state index contributed by atoms with van der Waals surface area (Å²) >= 11 is 0. The number of carbonyl (C=O) groups is 1. The highest BCUT2D eigenvalue weighted by Crippen LogP contribution is 2.49. The molecule has 1 amide bonds. The molecule has 6 heteroatoms. The zero-order valence-corrected chi connectivity index (χ0v) is 16.6. The Morgan fingerprint density at radius 3 is 2.04 bits per heavy atom. The van der Waals surface area contributed by atoms with Crippen LogP contribution in [0.5, 0.6) is 0 Å². The summed E-state index contributed by atoms with van der Waals surface area (Å²) < 4.78 is 0. The predicted octanol–water partition coefficient (Wildman–Crippen LogP) is 2.54. The molecule has 0 radical (unpaired) electrons. The Labute approximate surface area is 164 Å². The fourth-order valence-corrected chi connectivity index (χ4v) is 6.85. The highest BCUT2D eigenvalue weighted by atomic mass is 35.5. The highest BCUT2D eigenvalue weighted by molar-refractivity contribution is 5.85. The standard InChI is InChI=1S/C19H31N3O.2ClH/c20-18-15-4-3-14(11-15)17(18)19(23)22-7-5-21(6-8-22)16-10-12-1-2-13(16)9-12;;/h12-18H,1-11,20H2;2*1H. The number of carbonyl (C=O) groups excluding carboxylic acids is 1. The Hall–Kier alpha value is -0.0300. The van der Waals surface area contributed by atoms with Crippen LogP contribution >= 0.6 is 24.8 Å². The number of nitrogens with zero attached hydrogens (tertiary/aromatic N) is 2. The molecule has 1 heterocycles. The first kappa shape index (κ1) is 19.7. The number of amides is 1. The van der Waals surface area contributed by atoms with Crippen LogP contribution in [-0.2, 0) is 4.79 Å². The molecular weight excluding hydrogens is 357 g/mol. The topological polar surface area (TPSA) is 49.6 Å². The van der Waals surface area contributed by atoms with Crippen LogP contribution in [0, 0.1) is 29.6 Å². The Kier molecular flexibility index (Phi) is 5.94. The molecule has 7 atom stereocenters. The number of piperazine rings is 1. The lowest BCUT2D eigenvalue weighted by atomic mass is 9.84. The maximum absolute atomic E-state index is 13.0. The molecule has 5 aliphatic rings. The smallest absolute Gasteiger partial charge is 0.227 e. The van der Waals surface area contributed by atoms with Crippen molar-refractivity contribution in [3.8, 4) is 0 Å². The third-order valence-electron chi connectivity index (χ3n) is 8.06. The molecule has 5 fully saturated rings. The number of rotatable bonds is 2. The van der Waals surface area contributed by atoms with Gasteiger partial charge in [-0.25, -0.2) is 0 Å². The van der Waals surface area contributed by atoms with E-state index in [0.717, 1.165) is 44.1 Å². The molecule has 4 bridgehead atoms. The van der Waals surface area contributed by atoms with Crippen molar-refractivity contribution in [3.05, 3.63) is 0 Å². The van der Waals surface area contributed by atoms with Crippen LogP contribution < -0.4 is 5.73 Å². The zero-order valence-electron chi connectivity index (χ0n) is 15.0. The maximum Gasteiger partial charge on any atom is 0.227 e. The largest absolute Gasteiger partial charge is 0.340 e. The van der Waals surface area contributed by atoms with Crippen molar-refractivity contribution in [1.82, 2.24) is 9.80 Å². The van der Waals surface area contributed by atoms with Crippen molar-refractivity contribution in [3.63, 3.8) is 0 Å². The van der Waals surface area contributed by atoms with Gasteiger partial charge in [0, 0.05) is 38.3 Å². The molecule has 0 aromatic rings. The lowest BCUT2D eigenvalue weighted by molar-refractivity contribution is -0.140. The molecule has 4 saturated carbocycles. The third-order valence-corrected chi connectivity index (χ3v) is 8.06. The van der Waals surface area contributed by atoms with Crippen molar-refractivity contribution in [2.24, 2.45) is 35.3 Å². The van der Waals surface area contributed by atoms with Gasteiger partial charge in [-0.05, 0) is 62.2 Å². The Morgan fingerprint density at radius 2 is 1.48 bits per heavy atom. The van der Waals surface area contributed by atoms with Crippen LogP contribution in [0.15, 0.2) is 0 Å². The summed E-state index contributed by atoms with van der Waals surface area (Å²) in [5.41, 5.74) is 6.38. The van der Waals surface area contributed by atoms with Gasteiger partial charge in [0.05, 0.1) is 5.92 Å². The minimum atomic E-state index is 0. The second-order valence-corrected chi connectivity index (χ2v) is 9.04. The van der Waals surface area contributed by atoms with Gasteiger partial charge in [-0.15, -0.1) is 24.8 Å². The van der Waals surface area contributed by atoms with E-state index in [-0.39, 0.29) is 36.8 Å². The second-order valence-electron chi connectivity index (χ2n) is 9.04. The summed E-state index contributed by atoms with van der Waals surface area (Å²) in [6.45, 7) is 4.06. The summed E-state index contributed by atoms with van der Waals surface area (Å²) in [5.74, 6) is 3.72. The minimum absolute atomic E-state index is 0. The Balaban J connectivity index is 0.000000911. The first-order chi connectivity index (χ1) is 11.2. The summed E-state index contributed by atoms with van der Waals surface area (Å²) in [7, 11) is 0. The summed E-state index contributed by atoms with van der Waals surface area (Å²) in [6.07, 6.45) is 9.53. The SMILES string of the molecule is Cl.Cl.NC1C2CCC(C2)C1C(=O)N1CCN(C2CC3CCC2C3)CC1. The lowest BCUT2D eigenvalue weighted by Gasteiger charge is -2.42. The lowest BCUT2D eigenvalue weighted by Crippen LogP contribution is -2.56. The van der Waals surface area contributed by atoms with Gasteiger partial charge in [0.1, 0.15) is 0 Å². The molecule has 2 N–H and O–H groups in total. The van der Waals surface area contributed by atoms with E-state index in [2.05, 4.69) is 9.80 Å². The van der Waals surface area contributed by atoms with Crippen molar-refractivity contribution in [2.45, 2.75) is 57.0 Å². The summed E-state index contributed by atoms with van der Waals surface area (Å²) in [5, 5.41) is 0. The Bertz CT molecular complexity index is 495. The van der Waals surface area contributed by atoms with Gasteiger partial charge >= 0.3 is 0 Å². The molecule has 1 aliphatic heterocycles. The normalized spacial score (nSPS) is 45.3. The van der Waals surface area contributed by atoms with Crippen molar-refractivity contribution in [1.29, 1.82) is 0 Å². The fraction of sp³-hybridized carbons (Fsp3) is 0.947. The fourth-order valence-electron chi connectivity index (χ4n) is 6.85. The molecule has 0 aromatic carbocycles. The molecule has 5 rings (SSSR count). The second kappa shape index (κ2) is 7.53. The first-order valence-electron chi connectivity index (χ1n) is 9.99. The zero-order chi connectivity index (χ0) is 15.6. The van der Waals surface area contributed by atoms with Gasteiger partial charge in [0.25, 0.3) is 0 Å². The van der Waals surface area contributed by atoms with Crippen molar-refractivity contribution < 1.29 is 4.79 Å². The summed E-state index contributed by atoms with van der Waals surface area (Å²) in [6, 6.07) is 0.973. The van der Waals surface area contributed by atoms with E-state index < -0.39 is 0 Å². The molecule has 25 heavy (non-hydrogen) atoms. The van der Waals surface area contributed by atoms with Crippen LogP contribution in [-0.4, -0.2) is 54.0 Å². The minimum Gasteiger partial charge on any atom is -0.340 e. The first-order valence-corrected chi connectivity index (χ1v) is 9.99. The molecule has 4 aliphatic carbocycles. The van der Waals surface area contributed by atoms with Crippen LogP contribution in [0.25, 0.3) is 0 Å². The quantitative estimate of drug-likeness (QED) is 0.789. The van der Waals surface area contributed by atoms with Gasteiger partial charge in [-0.3, -0.25) is 9.69 Å². The predicted molar refractivity (Wildman–Crippen MR) is 104 cm³/mol. The van der Waals surface area contributed by atoms with Crippen LogP contribution in [0.4, 0.5) is 0 Å². The van der Waals surface area contributed by atoms with E-state index in [4.69, 9.17) is 5.73 Å². The number of nitrogens with two attached hydrogens (primary N) is 1. The number of hydrogen-bond acceptors (Lipinski definition) is 3. The molecule has 4 nitrogen and oxygen atoms in total. The molecule has 7 unspecified atom stereocenters. The van der Waals surface area contributed by atoms with Gasteiger partial charge in [0.2, 0.25) is 5.91 Å². The molecule has 0 spiro atoms. The average Bonchev–Trinajstić information content (AvgIpc) is 3.35. The van der Waals surface area contributed by atoms with Crippen LogP contribution in [0.2, 0.25) is 0 Å². The third kappa shape index (κ3) is 3.22. The van der Waals surface area contributed by atoms with Crippen molar-refractivity contribution >= 4 is 30.7 Å². The van der Waals surface area contributed by atoms with E-state index in [1.807, 2.05) is 0 Å². The number of halogens is 2. The van der Waals surface area contributed by atoms with Gasteiger partial charge in [-0.2, -0.15) is 0 Å². The van der Waals surface area contributed by atoms with Gasteiger partial charge < -0.3 is 10.6 Å². The molecule has 1 saturated heterocycles. The molecule has 144 valence electrons. The molecular formula is C19H33Cl2N3O. The van der Waals surface area contributed by atoms with E-state index in [0.29, 0.717) is 17.7 Å². The van der Waals surface area contributed by atoms with E-state index in [9.17, 15) is 4.79 Å². The van der Waals surface area contributed by atoms with Crippen LogP contribution in [0.3, 0.4) is 0 Å².